The van der Waals surface area contributed by atoms with Crippen LogP contribution in [-0.4, -0.2) is 19.4 Å². The van der Waals surface area contributed by atoms with Gasteiger partial charge in [-0.15, -0.1) is 0 Å². The summed E-state index contributed by atoms with van der Waals surface area (Å²) in [5.74, 6) is -0.664. The van der Waals surface area contributed by atoms with E-state index in [0.29, 0.717) is 24.8 Å². The van der Waals surface area contributed by atoms with Gasteiger partial charge in [-0.2, -0.15) is 22.0 Å². The first kappa shape index (κ1) is 24.8. The Bertz CT molecular complexity index is 1280. The molecule has 0 saturated carbocycles. The van der Waals surface area contributed by atoms with Gasteiger partial charge in [0.05, 0.1) is 24.3 Å². The highest BCUT2D eigenvalue weighted by Gasteiger charge is 2.35. The number of hydrogen-bond donors (Lipinski definition) is 0. The largest absolute Gasteiger partial charge is 0.458 e. The molecule has 184 valence electrons. The second kappa shape index (κ2) is 9.40. The Hall–Kier alpha value is -3.29. The first-order valence-electron chi connectivity index (χ1n) is 10.3. The van der Waals surface area contributed by atoms with Crippen LogP contribution in [0.25, 0.3) is 10.8 Å². The Kier molecular flexibility index (Phi) is 6.66. The molecule has 3 aromatic carbocycles. The molecule has 0 spiro atoms. The first-order valence-corrected chi connectivity index (χ1v) is 10.3. The molecule has 1 aliphatic heterocycles. The molecule has 0 unspecified atom stereocenters. The van der Waals surface area contributed by atoms with Crippen molar-refractivity contribution in [1.29, 1.82) is 0 Å². The highest BCUT2D eigenvalue weighted by molar-refractivity contribution is 5.86. The van der Waals surface area contributed by atoms with Crippen molar-refractivity contribution in [2.75, 3.05) is 13.2 Å². The van der Waals surface area contributed by atoms with E-state index >= 15 is 0 Å². The Morgan fingerprint density at radius 2 is 1.57 bits per heavy atom. The summed E-state index contributed by atoms with van der Waals surface area (Å²) in [7, 11) is 0. The van der Waals surface area contributed by atoms with Crippen molar-refractivity contribution in [2.45, 2.75) is 25.5 Å². The fourth-order valence-electron chi connectivity index (χ4n) is 3.45. The van der Waals surface area contributed by atoms with Crippen molar-refractivity contribution < 1.29 is 44.9 Å². The summed E-state index contributed by atoms with van der Waals surface area (Å²) in [5, 5.41) is -0.498. The summed E-state index contributed by atoms with van der Waals surface area (Å²) in [6, 6.07) is 8.77. The van der Waals surface area contributed by atoms with E-state index in [2.05, 4.69) is 0 Å². The maximum absolute atomic E-state index is 14.7. The molecule has 1 fully saturated rings. The van der Waals surface area contributed by atoms with Gasteiger partial charge >= 0.3 is 12.3 Å². The predicted molar refractivity (Wildman–Crippen MR) is 112 cm³/mol. The molecule has 0 bridgehead atoms. The van der Waals surface area contributed by atoms with E-state index in [1.807, 2.05) is 6.92 Å². The van der Waals surface area contributed by atoms with Gasteiger partial charge in [-0.25, -0.2) is 8.78 Å². The van der Waals surface area contributed by atoms with E-state index in [1.165, 1.54) is 18.1 Å². The van der Waals surface area contributed by atoms with Crippen LogP contribution in [0.15, 0.2) is 48.5 Å². The number of hydrogen-bond acceptors (Lipinski definition) is 3. The van der Waals surface area contributed by atoms with E-state index in [0.717, 1.165) is 36.3 Å². The predicted octanol–water partition coefficient (Wildman–Crippen LogP) is 6.84. The SMILES string of the molecule is CC1COC(c2ccc(C(F)(F)Oc3ccc4c(F)c(C#CC(F)(F)F)c(F)cc4c3)cc2)OC1. The quantitative estimate of drug-likeness (QED) is 0.291. The molecule has 1 aliphatic rings. The monoisotopic (exact) mass is 498 g/mol. The summed E-state index contributed by atoms with van der Waals surface area (Å²) in [5.41, 5.74) is -1.01. The maximum Gasteiger partial charge on any atom is 0.458 e. The zero-order chi connectivity index (χ0) is 25.4. The van der Waals surface area contributed by atoms with Crippen molar-refractivity contribution in [1.82, 2.24) is 0 Å². The van der Waals surface area contributed by atoms with Gasteiger partial charge in [-0.1, -0.05) is 25.0 Å². The van der Waals surface area contributed by atoms with Crippen molar-refractivity contribution >= 4 is 10.8 Å². The van der Waals surface area contributed by atoms with Crippen LogP contribution in [0.4, 0.5) is 30.7 Å². The highest BCUT2D eigenvalue weighted by Crippen LogP contribution is 2.35. The van der Waals surface area contributed by atoms with Gasteiger partial charge in [0.2, 0.25) is 0 Å². The zero-order valence-electron chi connectivity index (χ0n) is 18.1. The van der Waals surface area contributed by atoms with Gasteiger partial charge in [0.1, 0.15) is 17.4 Å². The summed E-state index contributed by atoms with van der Waals surface area (Å²) < 4.78 is 111. The minimum absolute atomic E-state index is 0.193. The highest BCUT2D eigenvalue weighted by atomic mass is 19.4. The number of halogens is 7. The molecule has 1 heterocycles. The number of benzene rings is 3. The topological polar surface area (TPSA) is 27.7 Å². The normalized spacial score (nSPS) is 18.7. The van der Waals surface area contributed by atoms with Crippen molar-refractivity contribution in [3.05, 3.63) is 76.9 Å². The molecule has 0 N–H and O–H groups in total. The Morgan fingerprint density at radius 3 is 2.20 bits per heavy atom. The number of ether oxygens (including phenoxy) is 3. The molecule has 3 aromatic rings. The molecule has 0 aliphatic carbocycles. The van der Waals surface area contributed by atoms with Gasteiger partial charge < -0.3 is 14.2 Å². The minimum atomic E-state index is -4.94. The number of fused-ring (bicyclic) bond motifs is 1. The third kappa shape index (κ3) is 5.69. The molecule has 0 atom stereocenters. The third-order valence-electron chi connectivity index (χ3n) is 5.16. The van der Waals surface area contributed by atoms with Crippen LogP contribution in [0.1, 0.15) is 29.9 Å². The lowest BCUT2D eigenvalue weighted by atomic mass is 10.0. The average Bonchev–Trinajstić information content (AvgIpc) is 2.78. The number of rotatable bonds is 4. The van der Waals surface area contributed by atoms with Gasteiger partial charge in [0.25, 0.3) is 0 Å². The van der Waals surface area contributed by atoms with Crippen LogP contribution in [0.5, 0.6) is 5.75 Å². The second-order valence-electron chi connectivity index (χ2n) is 8.02. The minimum Gasteiger partial charge on any atom is -0.429 e. The third-order valence-corrected chi connectivity index (χ3v) is 5.16. The molecule has 35 heavy (non-hydrogen) atoms. The summed E-state index contributed by atoms with van der Waals surface area (Å²) in [4.78, 5) is 0. The lowest BCUT2D eigenvalue weighted by Gasteiger charge is -2.28. The van der Waals surface area contributed by atoms with E-state index < -0.39 is 47.1 Å². The standard InChI is InChI=1S/C25H17F7O3/c1-14-12-33-23(34-13-14)15-2-4-17(5-3-15)25(31,32)35-18-6-7-19-16(10-18)11-21(26)20(22(19)27)8-9-24(28,29)30/h2-7,10-11,14,23H,12-13H2,1H3. The Labute approximate surface area is 195 Å². The molecule has 1 saturated heterocycles. The van der Waals surface area contributed by atoms with Crippen molar-refractivity contribution in [2.24, 2.45) is 5.92 Å². The fourth-order valence-corrected chi connectivity index (χ4v) is 3.45. The van der Waals surface area contributed by atoms with Crippen LogP contribution >= 0.6 is 0 Å². The zero-order valence-corrected chi connectivity index (χ0v) is 18.1. The Morgan fingerprint density at radius 1 is 0.914 bits per heavy atom. The van der Waals surface area contributed by atoms with Crippen molar-refractivity contribution in [3.8, 4) is 17.6 Å². The smallest absolute Gasteiger partial charge is 0.429 e. The Balaban J connectivity index is 1.56. The van der Waals surface area contributed by atoms with E-state index in [4.69, 9.17) is 14.2 Å². The summed E-state index contributed by atoms with van der Waals surface area (Å²) >= 11 is 0. The van der Waals surface area contributed by atoms with E-state index in [9.17, 15) is 30.7 Å². The van der Waals surface area contributed by atoms with Gasteiger partial charge in [-0.05, 0) is 41.8 Å². The summed E-state index contributed by atoms with van der Waals surface area (Å²) in [6.07, 6.45) is -9.40. The van der Waals surface area contributed by atoms with Gasteiger partial charge in [-0.3, -0.25) is 0 Å². The molecule has 4 rings (SSSR count). The van der Waals surface area contributed by atoms with Crippen molar-refractivity contribution in [3.63, 3.8) is 0 Å². The van der Waals surface area contributed by atoms with E-state index in [1.54, 1.807) is 0 Å². The molecular weight excluding hydrogens is 481 g/mol. The molecule has 3 nitrogen and oxygen atoms in total. The number of alkyl halides is 5. The lowest BCUT2D eigenvalue weighted by molar-refractivity contribution is -0.202. The fraction of sp³-hybridized carbons (Fsp3) is 0.280. The van der Waals surface area contributed by atoms with Crippen LogP contribution in [0, 0.1) is 29.4 Å². The maximum atomic E-state index is 14.7. The van der Waals surface area contributed by atoms with Crippen LogP contribution in [0.2, 0.25) is 0 Å². The molecule has 0 radical (unpaired) electrons. The lowest BCUT2D eigenvalue weighted by Crippen LogP contribution is -2.25. The average molecular weight is 498 g/mol. The summed E-state index contributed by atoms with van der Waals surface area (Å²) in [6.45, 7) is 2.91. The van der Waals surface area contributed by atoms with E-state index in [-0.39, 0.29) is 16.7 Å². The second-order valence-corrected chi connectivity index (χ2v) is 8.02. The van der Waals surface area contributed by atoms with Crippen LogP contribution < -0.4 is 4.74 Å². The molecule has 0 aromatic heterocycles. The molecule has 0 amide bonds. The first-order chi connectivity index (χ1) is 16.4. The van der Waals surface area contributed by atoms with Crippen LogP contribution in [0.3, 0.4) is 0 Å². The van der Waals surface area contributed by atoms with Gasteiger partial charge in [0, 0.05) is 22.8 Å². The molecular formula is C25H17F7O3. The van der Waals surface area contributed by atoms with Crippen LogP contribution in [-0.2, 0) is 15.6 Å². The van der Waals surface area contributed by atoms with Gasteiger partial charge in [0.15, 0.2) is 6.29 Å². The molecule has 10 heteroatoms.